The fraction of sp³-hybridized carbons (Fsp3) is 0.0909. The van der Waals surface area contributed by atoms with Crippen LogP contribution in [0.15, 0.2) is 82.7 Å². The number of nitrogens with zero attached hydrogens (tertiary/aromatic N) is 2. The first kappa shape index (κ1) is 19.0. The highest BCUT2D eigenvalue weighted by Gasteiger charge is 2.25. The Kier molecular flexibility index (Phi) is 4.98. The van der Waals surface area contributed by atoms with Crippen LogP contribution < -0.4 is 5.32 Å². The summed E-state index contributed by atoms with van der Waals surface area (Å²) in [7, 11) is -3.89. The summed E-state index contributed by atoms with van der Waals surface area (Å²) in [6, 6.07) is 19.7. The van der Waals surface area contributed by atoms with Gasteiger partial charge in [0.25, 0.3) is 0 Å². The quantitative estimate of drug-likeness (QED) is 0.527. The summed E-state index contributed by atoms with van der Waals surface area (Å²) >= 11 is 0. The molecule has 29 heavy (non-hydrogen) atoms. The van der Waals surface area contributed by atoms with Crippen molar-refractivity contribution in [3.05, 3.63) is 89.7 Å². The predicted molar refractivity (Wildman–Crippen MR) is 110 cm³/mol. The Bertz CT molecular complexity index is 1270. The zero-order valence-corrected chi connectivity index (χ0v) is 16.4. The molecule has 4 rings (SSSR count). The first-order valence-corrected chi connectivity index (χ1v) is 10.5. The highest BCUT2D eigenvalue weighted by Crippen LogP contribution is 2.27. The van der Waals surface area contributed by atoms with Gasteiger partial charge in [0.2, 0.25) is 14.9 Å². The molecule has 146 valence electrons. The van der Waals surface area contributed by atoms with Crippen LogP contribution in [0.2, 0.25) is 0 Å². The molecule has 1 heterocycles. The zero-order chi connectivity index (χ0) is 20.4. The number of anilines is 1. The van der Waals surface area contributed by atoms with Gasteiger partial charge in [0.15, 0.2) is 5.82 Å². The Morgan fingerprint density at radius 1 is 0.862 bits per heavy atom. The number of aromatic nitrogens is 2. The predicted octanol–water partition coefficient (Wildman–Crippen LogP) is 4.52. The number of halogens is 1. The van der Waals surface area contributed by atoms with Crippen molar-refractivity contribution in [3.63, 3.8) is 0 Å². The van der Waals surface area contributed by atoms with Crippen molar-refractivity contribution in [3.8, 4) is 0 Å². The van der Waals surface area contributed by atoms with E-state index in [-0.39, 0.29) is 28.1 Å². The Labute approximate surface area is 168 Å². The van der Waals surface area contributed by atoms with Crippen LogP contribution in [0.4, 0.5) is 10.2 Å². The van der Waals surface area contributed by atoms with E-state index >= 15 is 0 Å². The van der Waals surface area contributed by atoms with E-state index in [0.29, 0.717) is 11.0 Å². The SMILES string of the molecule is Cc1ccc(S(=O)(=O)c2nc3ccccc3nc2NCc2ccc(F)cc2)cc1. The van der Waals surface area contributed by atoms with Gasteiger partial charge >= 0.3 is 0 Å². The molecule has 7 heteroatoms. The van der Waals surface area contributed by atoms with E-state index in [0.717, 1.165) is 11.1 Å². The largest absolute Gasteiger partial charge is 0.364 e. The summed E-state index contributed by atoms with van der Waals surface area (Å²) in [5.41, 5.74) is 2.82. The van der Waals surface area contributed by atoms with Gasteiger partial charge < -0.3 is 5.32 Å². The van der Waals surface area contributed by atoms with Gasteiger partial charge in [-0.3, -0.25) is 0 Å². The van der Waals surface area contributed by atoms with Crippen LogP contribution in [0.1, 0.15) is 11.1 Å². The van der Waals surface area contributed by atoms with Crippen LogP contribution >= 0.6 is 0 Å². The van der Waals surface area contributed by atoms with Gasteiger partial charge in [-0.25, -0.2) is 22.8 Å². The Morgan fingerprint density at radius 2 is 1.48 bits per heavy atom. The number of benzene rings is 3. The number of hydrogen-bond donors (Lipinski definition) is 1. The smallest absolute Gasteiger partial charge is 0.227 e. The number of sulfone groups is 1. The number of fused-ring (bicyclic) bond motifs is 1. The lowest BCUT2D eigenvalue weighted by Gasteiger charge is -2.13. The van der Waals surface area contributed by atoms with Crippen molar-refractivity contribution in [2.75, 3.05) is 5.32 Å². The minimum absolute atomic E-state index is 0.137. The molecule has 0 saturated carbocycles. The molecule has 0 unspecified atom stereocenters. The van der Waals surface area contributed by atoms with Gasteiger partial charge in [0, 0.05) is 6.54 Å². The average Bonchev–Trinajstić information content (AvgIpc) is 2.73. The maximum Gasteiger partial charge on any atom is 0.227 e. The van der Waals surface area contributed by atoms with Gasteiger partial charge in [0.1, 0.15) is 5.82 Å². The first-order chi connectivity index (χ1) is 13.9. The third-order valence-corrected chi connectivity index (χ3v) is 6.18. The van der Waals surface area contributed by atoms with Crippen LogP contribution in [0.5, 0.6) is 0 Å². The molecule has 0 atom stereocenters. The molecule has 4 aromatic rings. The molecule has 0 fully saturated rings. The molecule has 0 aliphatic heterocycles. The van der Waals surface area contributed by atoms with Crippen LogP contribution in [-0.2, 0) is 16.4 Å². The van der Waals surface area contributed by atoms with E-state index in [2.05, 4.69) is 15.3 Å². The summed E-state index contributed by atoms with van der Waals surface area (Å²) < 4.78 is 39.7. The lowest BCUT2D eigenvalue weighted by molar-refractivity contribution is 0.592. The number of aryl methyl sites for hydroxylation is 1. The Balaban J connectivity index is 1.79. The highest BCUT2D eigenvalue weighted by atomic mass is 32.2. The number of nitrogens with one attached hydrogen (secondary N) is 1. The summed E-state index contributed by atoms with van der Waals surface area (Å²) in [5, 5.41) is 2.92. The van der Waals surface area contributed by atoms with Gasteiger partial charge in [0.05, 0.1) is 15.9 Å². The first-order valence-electron chi connectivity index (χ1n) is 9.00. The van der Waals surface area contributed by atoms with Gasteiger partial charge in [-0.05, 0) is 48.9 Å². The molecule has 3 aromatic carbocycles. The van der Waals surface area contributed by atoms with E-state index in [9.17, 15) is 12.8 Å². The lowest BCUT2D eigenvalue weighted by Crippen LogP contribution is -2.12. The van der Waals surface area contributed by atoms with Crippen molar-refractivity contribution in [1.82, 2.24) is 9.97 Å². The molecule has 1 aromatic heterocycles. The van der Waals surface area contributed by atoms with E-state index in [1.54, 1.807) is 54.6 Å². The molecule has 0 bridgehead atoms. The molecule has 1 N–H and O–H groups in total. The molecule has 0 radical (unpaired) electrons. The summed E-state index contributed by atoms with van der Waals surface area (Å²) in [5.74, 6) is -0.171. The summed E-state index contributed by atoms with van der Waals surface area (Å²) in [6.07, 6.45) is 0. The number of hydrogen-bond acceptors (Lipinski definition) is 5. The average molecular weight is 407 g/mol. The molecular weight excluding hydrogens is 389 g/mol. The van der Waals surface area contributed by atoms with Gasteiger partial charge in [-0.1, -0.05) is 42.0 Å². The van der Waals surface area contributed by atoms with Crippen molar-refractivity contribution in [2.24, 2.45) is 0 Å². The van der Waals surface area contributed by atoms with Gasteiger partial charge in [-0.15, -0.1) is 0 Å². The van der Waals surface area contributed by atoms with E-state index in [1.807, 2.05) is 13.0 Å². The van der Waals surface area contributed by atoms with Crippen LogP contribution in [0, 0.1) is 12.7 Å². The van der Waals surface area contributed by atoms with Crippen LogP contribution in [-0.4, -0.2) is 18.4 Å². The zero-order valence-electron chi connectivity index (χ0n) is 15.6. The maximum absolute atomic E-state index is 13.3. The fourth-order valence-corrected chi connectivity index (χ4v) is 4.21. The van der Waals surface area contributed by atoms with Crippen molar-refractivity contribution < 1.29 is 12.8 Å². The van der Waals surface area contributed by atoms with E-state index in [1.165, 1.54) is 12.1 Å². The second-order valence-corrected chi connectivity index (χ2v) is 8.53. The number of para-hydroxylation sites is 2. The molecule has 0 aliphatic carbocycles. The minimum Gasteiger partial charge on any atom is -0.364 e. The van der Waals surface area contributed by atoms with Gasteiger partial charge in [-0.2, -0.15) is 0 Å². The molecule has 5 nitrogen and oxygen atoms in total. The second kappa shape index (κ2) is 7.60. The second-order valence-electron chi connectivity index (χ2n) is 6.66. The van der Waals surface area contributed by atoms with Crippen molar-refractivity contribution in [1.29, 1.82) is 0 Å². The Morgan fingerprint density at radius 3 is 2.14 bits per heavy atom. The third-order valence-electron chi connectivity index (χ3n) is 4.50. The summed E-state index contributed by atoms with van der Waals surface area (Å²) in [4.78, 5) is 9.04. The Hall–Kier alpha value is -3.32. The van der Waals surface area contributed by atoms with Crippen LogP contribution in [0.25, 0.3) is 11.0 Å². The number of rotatable bonds is 5. The monoisotopic (exact) mass is 407 g/mol. The van der Waals surface area contributed by atoms with E-state index in [4.69, 9.17) is 0 Å². The highest BCUT2D eigenvalue weighted by molar-refractivity contribution is 7.91. The minimum atomic E-state index is -3.89. The fourth-order valence-electron chi connectivity index (χ4n) is 2.90. The molecule has 0 amide bonds. The standard InChI is InChI=1S/C22H18FN3O2S/c1-15-6-12-18(13-7-15)29(27,28)22-21(24-14-16-8-10-17(23)11-9-16)25-19-4-2-3-5-20(19)26-22/h2-13H,14H2,1H3,(H,24,25). The summed E-state index contributed by atoms with van der Waals surface area (Å²) in [6.45, 7) is 2.17. The van der Waals surface area contributed by atoms with Crippen molar-refractivity contribution in [2.45, 2.75) is 23.4 Å². The lowest BCUT2D eigenvalue weighted by atomic mass is 10.2. The molecule has 0 saturated heterocycles. The molecular formula is C22H18FN3O2S. The normalized spacial score (nSPS) is 11.5. The topological polar surface area (TPSA) is 72.0 Å². The maximum atomic E-state index is 13.3. The van der Waals surface area contributed by atoms with Crippen LogP contribution in [0.3, 0.4) is 0 Å². The third kappa shape index (κ3) is 3.95. The molecule has 0 aliphatic rings. The van der Waals surface area contributed by atoms with Crippen molar-refractivity contribution >= 4 is 26.7 Å². The molecule has 0 spiro atoms. The van der Waals surface area contributed by atoms with E-state index < -0.39 is 9.84 Å².